The molecule has 0 N–H and O–H groups in total. The van der Waals surface area contributed by atoms with Gasteiger partial charge in [-0.25, -0.2) is 0 Å². The maximum atomic E-state index is 6.52. The zero-order chi connectivity index (χ0) is 13.8. The summed E-state index contributed by atoms with van der Waals surface area (Å²) < 4.78 is 0. The first-order valence-electron chi connectivity index (χ1n) is 8.47. The Bertz CT molecular complexity index is 434. The van der Waals surface area contributed by atoms with Crippen LogP contribution in [-0.4, -0.2) is 11.3 Å². The molecule has 0 amide bonds. The lowest BCUT2D eigenvalue weighted by Crippen LogP contribution is -2.29. The summed E-state index contributed by atoms with van der Waals surface area (Å²) in [5.74, 6) is 0. The maximum Gasteiger partial charge on any atom is -0.00783 e. The van der Waals surface area contributed by atoms with Crippen molar-refractivity contribution >= 4 is 23.1 Å². The van der Waals surface area contributed by atoms with Crippen molar-refractivity contribution < 1.29 is 0 Å². The van der Waals surface area contributed by atoms with Gasteiger partial charge >= 0.3 is 0 Å². The van der Waals surface area contributed by atoms with E-state index in [1.807, 2.05) is 0 Å². The van der Waals surface area contributed by atoms with Gasteiger partial charge in [-0.15, -0.1) is 0 Å². The fourth-order valence-electron chi connectivity index (χ4n) is 4.31. The van der Waals surface area contributed by atoms with Crippen LogP contribution in [0.3, 0.4) is 0 Å². The molecule has 0 radical (unpaired) electrons. The fourth-order valence-corrected chi connectivity index (χ4v) is 10.3. The van der Waals surface area contributed by atoms with Crippen molar-refractivity contribution in [3.05, 3.63) is 30.3 Å². The molecule has 0 nitrogen and oxygen atoms in total. The quantitative estimate of drug-likeness (QED) is 0.668. The van der Waals surface area contributed by atoms with E-state index in [0.29, 0.717) is 0 Å². The normalized spacial score (nSPS) is 22.8. The Labute approximate surface area is 129 Å². The van der Waals surface area contributed by atoms with E-state index in [-0.39, 0.29) is 0 Å². The molecular weight excluding hydrogens is 279 g/mol. The van der Waals surface area contributed by atoms with Gasteiger partial charge < -0.3 is 0 Å². The summed E-state index contributed by atoms with van der Waals surface area (Å²) in [5, 5.41) is 1.55. The number of benzene rings is 1. The van der Waals surface area contributed by atoms with Crippen LogP contribution in [0.4, 0.5) is 0 Å². The van der Waals surface area contributed by atoms with Crippen molar-refractivity contribution in [3.8, 4) is 0 Å². The third-order valence-electron chi connectivity index (χ3n) is 5.39. The van der Waals surface area contributed by atoms with Crippen molar-refractivity contribution in [2.75, 3.05) is 0 Å². The second kappa shape index (κ2) is 6.75. The SMILES string of the molecule is S=P(c1ccccc1)(C1CCCCC1)C1CCCCC1. The van der Waals surface area contributed by atoms with E-state index >= 15 is 0 Å². The maximum absolute atomic E-state index is 6.52. The third-order valence-corrected chi connectivity index (χ3v) is 12.1. The van der Waals surface area contributed by atoms with E-state index in [1.54, 1.807) is 5.30 Å². The Balaban J connectivity index is 1.95. The molecule has 0 saturated heterocycles. The summed E-state index contributed by atoms with van der Waals surface area (Å²) in [6, 6.07) is 9.88. The first-order chi connectivity index (χ1) is 9.82. The molecule has 2 fully saturated rings. The highest BCUT2D eigenvalue weighted by Crippen LogP contribution is 2.61. The Morgan fingerprint density at radius 1 is 0.700 bits per heavy atom. The predicted octanol–water partition coefficient (Wildman–Crippen LogP) is 5.46. The van der Waals surface area contributed by atoms with E-state index in [4.69, 9.17) is 11.8 Å². The van der Waals surface area contributed by atoms with Crippen LogP contribution in [0.25, 0.3) is 0 Å². The molecule has 2 saturated carbocycles. The lowest BCUT2D eigenvalue weighted by atomic mass is 9.99. The summed E-state index contributed by atoms with van der Waals surface area (Å²) in [6.07, 6.45) is 14.2. The van der Waals surface area contributed by atoms with Gasteiger partial charge in [-0.2, -0.15) is 0 Å². The van der Waals surface area contributed by atoms with Crippen LogP contribution >= 0.6 is 6.04 Å². The van der Waals surface area contributed by atoms with Crippen LogP contribution in [0.5, 0.6) is 0 Å². The van der Waals surface area contributed by atoms with E-state index in [1.165, 1.54) is 64.2 Å². The summed E-state index contributed by atoms with van der Waals surface area (Å²) in [5.41, 5.74) is 1.69. The summed E-state index contributed by atoms with van der Waals surface area (Å²) in [6.45, 7) is 0. The summed E-state index contributed by atoms with van der Waals surface area (Å²) in [7, 11) is 0. The van der Waals surface area contributed by atoms with Gasteiger partial charge in [0.2, 0.25) is 0 Å². The summed E-state index contributed by atoms with van der Waals surface area (Å²) >= 11 is 6.52. The molecule has 0 atom stereocenters. The standard InChI is InChI=1S/C18H27PS/c20-19(16-10-4-1-5-11-16,17-12-6-2-7-13-17)18-14-8-3-9-15-18/h1,4-5,10-11,17-18H,2-3,6-9,12-15H2. The second-order valence-electron chi connectivity index (χ2n) is 6.63. The van der Waals surface area contributed by atoms with E-state index < -0.39 is 6.04 Å². The monoisotopic (exact) mass is 306 g/mol. The van der Waals surface area contributed by atoms with Crippen molar-refractivity contribution in [2.45, 2.75) is 75.5 Å². The van der Waals surface area contributed by atoms with Crippen molar-refractivity contribution in [1.29, 1.82) is 0 Å². The Morgan fingerprint density at radius 3 is 1.60 bits per heavy atom. The Hall–Kier alpha value is -0.130. The van der Waals surface area contributed by atoms with Crippen molar-refractivity contribution in [1.82, 2.24) is 0 Å². The van der Waals surface area contributed by atoms with Crippen molar-refractivity contribution in [3.63, 3.8) is 0 Å². The van der Waals surface area contributed by atoms with Gasteiger partial charge in [0, 0.05) is 0 Å². The van der Waals surface area contributed by atoms with Gasteiger partial charge in [0.05, 0.1) is 0 Å². The minimum absolute atomic E-state index is 0.844. The molecule has 0 spiro atoms. The molecule has 2 heteroatoms. The van der Waals surface area contributed by atoms with Crippen LogP contribution in [0.15, 0.2) is 30.3 Å². The average molecular weight is 306 g/mol. The van der Waals surface area contributed by atoms with Crippen LogP contribution in [0.2, 0.25) is 0 Å². The third kappa shape index (κ3) is 2.90. The zero-order valence-electron chi connectivity index (χ0n) is 12.5. The zero-order valence-corrected chi connectivity index (χ0v) is 14.2. The first kappa shape index (κ1) is 14.8. The Morgan fingerprint density at radius 2 is 1.15 bits per heavy atom. The average Bonchev–Trinajstić information content (AvgIpc) is 2.56. The molecule has 2 aliphatic rings. The van der Waals surface area contributed by atoms with Crippen LogP contribution in [0.1, 0.15) is 64.2 Å². The van der Waals surface area contributed by atoms with Crippen LogP contribution < -0.4 is 5.30 Å². The smallest absolute Gasteiger partial charge is 0.00783 e. The molecule has 3 rings (SSSR count). The predicted molar refractivity (Wildman–Crippen MR) is 94.1 cm³/mol. The number of hydrogen-bond donors (Lipinski definition) is 0. The molecule has 0 heterocycles. The topological polar surface area (TPSA) is 0 Å². The van der Waals surface area contributed by atoms with Gasteiger partial charge in [-0.1, -0.05) is 80.7 Å². The highest BCUT2D eigenvalue weighted by molar-refractivity contribution is 8.18. The minimum Gasteiger partial charge on any atom is -0.0920 e. The molecule has 0 unspecified atom stereocenters. The highest BCUT2D eigenvalue weighted by atomic mass is 32.4. The molecule has 110 valence electrons. The molecule has 0 aliphatic heterocycles. The van der Waals surface area contributed by atoms with Crippen LogP contribution in [-0.2, 0) is 11.8 Å². The highest BCUT2D eigenvalue weighted by Gasteiger charge is 2.38. The van der Waals surface area contributed by atoms with Crippen molar-refractivity contribution in [2.24, 2.45) is 0 Å². The molecule has 0 bridgehead atoms. The lowest BCUT2D eigenvalue weighted by Gasteiger charge is -2.41. The largest absolute Gasteiger partial charge is 0.0920 e. The Kier molecular flexibility index (Phi) is 5.00. The van der Waals surface area contributed by atoms with Gasteiger partial charge in [0.1, 0.15) is 0 Å². The van der Waals surface area contributed by atoms with E-state index in [0.717, 1.165) is 11.3 Å². The first-order valence-corrected chi connectivity index (χ1v) is 11.4. The van der Waals surface area contributed by atoms with Gasteiger partial charge in [0.15, 0.2) is 0 Å². The second-order valence-corrected chi connectivity index (χ2v) is 11.8. The van der Waals surface area contributed by atoms with Gasteiger partial charge in [0.25, 0.3) is 0 Å². The molecule has 20 heavy (non-hydrogen) atoms. The minimum atomic E-state index is -1.39. The molecule has 0 aromatic heterocycles. The molecule has 2 aliphatic carbocycles. The molecular formula is C18H27PS. The van der Waals surface area contributed by atoms with E-state index in [9.17, 15) is 0 Å². The van der Waals surface area contributed by atoms with Gasteiger partial charge in [-0.05, 0) is 48.3 Å². The fraction of sp³-hybridized carbons (Fsp3) is 0.667. The number of hydrogen-bond acceptors (Lipinski definition) is 1. The van der Waals surface area contributed by atoms with Gasteiger partial charge in [-0.3, -0.25) is 0 Å². The lowest BCUT2D eigenvalue weighted by molar-refractivity contribution is 0.486. The molecule has 1 aromatic carbocycles. The molecule has 1 aromatic rings. The van der Waals surface area contributed by atoms with E-state index in [2.05, 4.69) is 30.3 Å². The summed E-state index contributed by atoms with van der Waals surface area (Å²) in [4.78, 5) is 0. The number of rotatable bonds is 3. The van der Waals surface area contributed by atoms with Crippen LogP contribution in [0, 0.1) is 0 Å².